The third-order valence-corrected chi connectivity index (χ3v) is 2.79. The summed E-state index contributed by atoms with van der Waals surface area (Å²) in [5.41, 5.74) is 0.286. The number of aromatic hydroxyl groups is 1. The summed E-state index contributed by atoms with van der Waals surface area (Å²) in [4.78, 5) is 14.3. The summed E-state index contributed by atoms with van der Waals surface area (Å²) in [5, 5.41) is 20.2. The first-order valence-electron chi connectivity index (χ1n) is 5.75. The van der Waals surface area contributed by atoms with Gasteiger partial charge in [0.05, 0.1) is 17.6 Å². The standard InChI is InChI=1S/C12H14N2O4/c15-12-4-3-10(14(16)17)6-9(12)7-13-8-11-2-1-5-18-11/h3-4,6-7,11,15H,1-2,5,8H2. The van der Waals surface area contributed by atoms with Crippen LogP contribution in [0.5, 0.6) is 5.75 Å². The van der Waals surface area contributed by atoms with Crippen molar-refractivity contribution in [1.29, 1.82) is 0 Å². The van der Waals surface area contributed by atoms with Gasteiger partial charge in [-0.25, -0.2) is 0 Å². The number of nitro groups is 1. The largest absolute Gasteiger partial charge is 0.507 e. The molecule has 0 aliphatic carbocycles. The van der Waals surface area contributed by atoms with Gasteiger partial charge in [-0.15, -0.1) is 0 Å². The van der Waals surface area contributed by atoms with E-state index < -0.39 is 4.92 Å². The van der Waals surface area contributed by atoms with Gasteiger partial charge in [0.15, 0.2) is 0 Å². The molecule has 1 heterocycles. The van der Waals surface area contributed by atoms with Crippen LogP contribution in [0.15, 0.2) is 23.2 Å². The van der Waals surface area contributed by atoms with E-state index in [0.29, 0.717) is 12.1 Å². The van der Waals surface area contributed by atoms with Crippen LogP contribution in [0, 0.1) is 10.1 Å². The Morgan fingerprint density at radius 1 is 1.61 bits per heavy atom. The van der Waals surface area contributed by atoms with Crippen LogP contribution < -0.4 is 0 Å². The van der Waals surface area contributed by atoms with Crippen LogP contribution in [0.4, 0.5) is 5.69 Å². The summed E-state index contributed by atoms with van der Waals surface area (Å²) in [6.45, 7) is 1.28. The van der Waals surface area contributed by atoms with Gasteiger partial charge in [-0.05, 0) is 18.9 Å². The fourth-order valence-electron chi connectivity index (χ4n) is 1.82. The van der Waals surface area contributed by atoms with Crippen LogP contribution in [-0.4, -0.2) is 35.5 Å². The highest BCUT2D eigenvalue weighted by Crippen LogP contribution is 2.21. The lowest BCUT2D eigenvalue weighted by Gasteiger charge is -2.04. The van der Waals surface area contributed by atoms with Crippen LogP contribution >= 0.6 is 0 Å². The Labute approximate surface area is 104 Å². The minimum Gasteiger partial charge on any atom is -0.507 e. The molecule has 1 atom stereocenters. The number of aliphatic imine (C=N–C) groups is 1. The van der Waals surface area contributed by atoms with E-state index in [4.69, 9.17) is 4.74 Å². The maximum atomic E-state index is 10.6. The third-order valence-electron chi connectivity index (χ3n) is 2.79. The van der Waals surface area contributed by atoms with E-state index >= 15 is 0 Å². The SMILES string of the molecule is O=[N+]([O-])c1ccc(O)c(C=NCC2CCCO2)c1. The molecule has 0 amide bonds. The molecule has 2 rings (SSSR count). The maximum absolute atomic E-state index is 10.6. The van der Waals surface area contributed by atoms with Gasteiger partial charge in [0.25, 0.3) is 5.69 Å². The number of nitro benzene ring substituents is 1. The molecule has 1 aromatic carbocycles. The number of ether oxygens (including phenoxy) is 1. The molecule has 0 radical (unpaired) electrons. The van der Waals surface area contributed by atoms with E-state index in [1.807, 2.05) is 0 Å². The van der Waals surface area contributed by atoms with Crippen molar-refractivity contribution in [1.82, 2.24) is 0 Å². The molecule has 1 saturated heterocycles. The molecule has 6 nitrogen and oxygen atoms in total. The highest BCUT2D eigenvalue weighted by Gasteiger charge is 2.14. The smallest absolute Gasteiger partial charge is 0.270 e. The average molecular weight is 250 g/mol. The normalized spacial score (nSPS) is 19.4. The molecule has 1 aliphatic rings. The second-order valence-corrected chi connectivity index (χ2v) is 4.13. The molecule has 1 aliphatic heterocycles. The van der Waals surface area contributed by atoms with Crippen LogP contribution in [0.2, 0.25) is 0 Å². The Hall–Kier alpha value is -1.95. The van der Waals surface area contributed by atoms with Crippen molar-refractivity contribution in [3.63, 3.8) is 0 Å². The zero-order chi connectivity index (χ0) is 13.0. The van der Waals surface area contributed by atoms with E-state index in [2.05, 4.69) is 4.99 Å². The monoisotopic (exact) mass is 250 g/mol. The van der Waals surface area contributed by atoms with E-state index in [1.54, 1.807) is 0 Å². The molecule has 1 fully saturated rings. The van der Waals surface area contributed by atoms with E-state index in [-0.39, 0.29) is 17.5 Å². The van der Waals surface area contributed by atoms with Crippen LogP contribution in [0.25, 0.3) is 0 Å². The van der Waals surface area contributed by atoms with Crippen molar-refractivity contribution < 1.29 is 14.8 Å². The molecular formula is C12H14N2O4. The Morgan fingerprint density at radius 3 is 3.11 bits per heavy atom. The predicted molar refractivity (Wildman–Crippen MR) is 66.2 cm³/mol. The number of benzene rings is 1. The number of rotatable bonds is 4. The number of phenolic OH excluding ortho intramolecular Hbond substituents is 1. The van der Waals surface area contributed by atoms with Gasteiger partial charge in [0.1, 0.15) is 5.75 Å². The quantitative estimate of drug-likeness (QED) is 0.502. The number of nitrogens with zero attached hydrogens (tertiary/aromatic N) is 2. The molecule has 1 aromatic rings. The van der Waals surface area contributed by atoms with Crippen molar-refractivity contribution in [3.05, 3.63) is 33.9 Å². The van der Waals surface area contributed by atoms with Gasteiger partial charge < -0.3 is 9.84 Å². The molecule has 0 spiro atoms. The number of hydrogen-bond acceptors (Lipinski definition) is 5. The van der Waals surface area contributed by atoms with Gasteiger partial charge in [-0.1, -0.05) is 0 Å². The minimum absolute atomic E-state index is 0.0170. The van der Waals surface area contributed by atoms with Crippen molar-refractivity contribution >= 4 is 11.9 Å². The second kappa shape index (κ2) is 5.59. The zero-order valence-electron chi connectivity index (χ0n) is 9.78. The first-order valence-corrected chi connectivity index (χ1v) is 5.75. The molecular weight excluding hydrogens is 236 g/mol. The van der Waals surface area contributed by atoms with Gasteiger partial charge in [-0.2, -0.15) is 0 Å². The lowest BCUT2D eigenvalue weighted by atomic mass is 10.2. The Morgan fingerprint density at radius 2 is 2.44 bits per heavy atom. The van der Waals surface area contributed by atoms with E-state index in [0.717, 1.165) is 19.4 Å². The highest BCUT2D eigenvalue weighted by molar-refractivity contribution is 5.84. The summed E-state index contributed by atoms with van der Waals surface area (Å²) in [7, 11) is 0. The Balaban J connectivity index is 2.04. The van der Waals surface area contributed by atoms with Gasteiger partial charge in [0, 0.05) is 30.5 Å². The molecule has 96 valence electrons. The first-order chi connectivity index (χ1) is 8.66. The van der Waals surface area contributed by atoms with Crippen molar-refractivity contribution in [3.8, 4) is 5.75 Å². The molecule has 0 saturated carbocycles. The predicted octanol–water partition coefficient (Wildman–Crippen LogP) is 1.90. The van der Waals surface area contributed by atoms with Crippen LogP contribution in [0.3, 0.4) is 0 Å². The topological polar surface area (TPSA) is 85.0 Å². The van der Waals surface area contributed by atoms with Crippen molar-refractivity contribution in [2.75, 3.05) is 13.2 Å². The summed E-state index contributed by atoms with van der Waals surface area (Å²) < 4.78 is 5.40. The number of hydrogen-bond donors (Lipinski definition) is 1. The number of non-ortho nitro benzene ring substituents is 1. The third kappa shape index (κ3) is 3.04. The second-order valence-electron chi connectivity index (χ2n) is 4.13. The molecule has 18 heavy (non-hydrogen) atoms. The fraction of sp³-hybridized carbons (Fsp3) is 0.417. The molecule has 1 N–H and O–H groups in total. The molecule has 6 heteroatoms. The van der Waals surface area contributed by atoms with E-state index in [9.17, 15) is 15.2 Å². The first kappa shape index (κ1) is 12.5. The average Bonchev–Trinajstić information content (AvgIpc) is 2.84. The molecule has 0 aromatic heterocycles. The van der Waals surface area contributed by atoms with Crippen LogP contribution in [-0.2, 0) is 4.74 Å². The van der Waals surface area contributed by atoms with Gasteiger partial charge in [-0.3, -0.25) is 15.1 Å². The number of phenols is 1. The van der Waals surface area contributed by atoms with E-state index in [1.165, 1.54) is 24.4 Å². The Bertz CT molecular complexity index is 467. The maximum Gasteiger partial charge on any atom is 0.270 e. The molecule has 0 bridgehead atoms. The summed E-state index contributed by atoms with van der Waals surface area (Å²) in [6.07, 6.45) is 3.60. The summed E-state index contributed by atoms with van der Waals surface area (Å²) >= 11 is 0. The van der Waals surface area contributed by atoms with Crippen molar-refractivity contribution in [2.24, 2.45) is 4.99 Å². The minimum atomic E-state index is -0.503. The highest BCUT2D eigenvalue weighted by atomic mass is 16.6. The lowest BCUT2D eigenvalue weighted by Crippen LogP contribution is -2.08. The Kier molecular flexibility index (Phi) is 3.88. The van der Waals surface area contributed by atoms with Crippen molar-refractivity contribution in [2.45, 2.75) is 18.9 Å². The lowest BCUT2D eigenvalue weighted by molar-refractivity contribution is -0.384. The molecule has 1 unspecified atom stereocenters. The summed E-state index contributed by atoms with van der Waals surface area (Å²) in [5.74, 6) is -0.0170. The van der Waals surface area contributed by atoms with Gasteiger partial charge in [0.2, 0.25) is 0 Å². The van der Waals surface area contributed by atoms with Gasteiger partial charge >= 0.3 is 0 Å². The fourth-order valence-corrected chi connectivity index (χ4v) is 1.82. The van der Waals surface area contributed by atoms with Crippen LogP contribution in [0.1, 0.15) is 18.4 Å². The zero-order valence-corrected chi connectivity index (χ0v) is 9.78. The summed E-state index contributed by atoms with van der Waals surface area (Å²) in [6, 6.07) is 3.85.